The molecular formula is C16H30N4O. The molecule has 0 radical (unpaired) electrons. The molecule has 3 saturated heterocycles. The largest absolute Gasteiger partial charge is 0.373 e. The second kappa shape index (κ2) is 6.97. The second-order valence-corrected chi connectivity index (χ2v) is 6.63. The van der Waals surface area contributed by atoms with E-state index in [2.05, 4.69) is 29.4 Å². The zero-order chi connectivity index (χ0) is 14.7. The summed E-state index contributed by atoms with van der Waals surface area (Å²) in [5.74, 6) is 1.70. The molecule has 0 amide bonds. The van der Waals surface area contributed by atoms with Crippen LogP contribution in [-0.4, -0.2) is 61.8 Å². The molecule has 0 aromatic carbocycles. The number of likely N-dealkylation sites (tertiary alicyclic amines) is 1. The minimum absolute atomic E-state index is 0.404. The molecule has 120 valence electrons. The summed E-state index contributed by atoms with van der Waals surface area (Å²) in [5.41, 5.74) is 0. The van der Waals surface area contributed by atoms with Crippen LogP contribution >= 0.6 is 0 Å². The van der Waals surface area contributed by atoms with Crippen molar-refractivity contribution in [3.63, 3.8) is 0 Å². The van der Waals surface area contributed by atoms with Crippen LogP contribution in [0.5, 0.6) is 0 Å². The predicted octanol–water partition coefficient (Wildman–Crippen LogP) is 1.20. The third kappa shape index (κ3) is 3.69. The molecule has 0 spiro atoms. The van der Waals surface area contributed by atoms with Gasteiger partial charge in [-0.05, 0) is 51.6 Å². The Balaban J connectivity index is 1.50. The van der Waals surface area contributed by atoms with Gasteiger partial charge in [0, 0.05) is 19.6 Å². The Morgan fingerprint density at radius 2 is 2.19 bits per heavy atom. The maximum absolute atomic E-state index is 5.92. The molecule has 0 saturated carbocycles. The normalized spacial score (nSPS) is 36.4. The fourth-order valence-electron chi connectivity index (χ4n) is 3.85. The van der Waals surface area contributed by atoms with Gasteiger partial charge >= 0.3 is 0 Å². The van der Waals surface area contributed by atoms with E-state index in [1.165, 1.54) is 38.9 Å². The predicted molar refractivity (Wildman–Crippen MR) is 85.6 cm³/mol. The maximum atomic E-state index is 5.92. The first-order chi connectivity index (χ1) is 10.3. The molecule has 2 N–H and O–H groups in total. The lowest BCUT2D eigenvalue weighted by molar-refractivity contribution is 0.0992. The summed E-state index contributed by atoms with van der Waals surface area (Å²) in [6, 6.07) is 0.456. The molecule has 3 rings (SSSR count). The van der Waals surface area contributed by atoms with E-state index in [4.69, 9.17) is 9.73 Å². The van der Waals surface area contributed by atoms with Crippen molar-refractivity contribution in [3.05, 3.63) is 0 Å². The molecule has 0 aromatic heterocycles. The first-order valence-electron chi connectivity index (χ1n) is 8.71. The number of hydrogen-bond acceptors (Lipinski definition) is 3. The van der Waals surface area contributed by atoms with Crippen molar-refractivity contribution in [2.24, 2.45) is 10.9 Å². The standard InChI is InChI=1S/C16H30N4O/c1-3-17-16(18-10-12-7-8-20(4-2)11-12)19-14-9-13-5-6-15(14)21-13/h12-15H,3-11H2,1-2H3,(H2,17,18,19)/t12-,13+,14+,15+/m0/s1. The second-order valence-electron chi connectivity index (χ2n) is 6.63. The summed E-state index contributed by atoms with van der Waals surface area (Å²) in [4.78, 5) is 7.34. The first-order valence-corrected chi connectivity index (χ1v) is 8.71. The van der Waals surface area contributed by atoms with Crippen LogP contribution in [0.4, 0.5) is 0 Å². The van der Waals surface area contributed by atoms with Gasteiger partial charge in [0.15, 0.2) is 5.96 Å². The molecule has 0 unspecified atom stereocenters. The highest BCUT2D eigenvalue weighted by Gasteiger charge is 2.41. The highest BCUT2D eigenvalue weighted by Crippen LogP contribution is 2.34. The average molecular weight is 294 g/mol. The third-order valence-corrected chi connectivity index (χ3v) is 5.10. The lowest BCUT2D eigenvalue weighted by atomic mass is 9.96. The number of nitrogens with one attached hydrogen (secondary N) is 2. The Labute approximate surface area is 128 Å². The van der Waals surface area contributed by atoms with Gasteiger partial charge in [-0.1, -0.05) is 6.92 Å². The van der Waals surface area contributed by atoms with E-state index in [0.717, 1.165) is 31.4 Å². The summed E-state index contributed by atoms with van der Waals surface area (Å²) in [6.07, 6.45) is 5.77. The minimum atomic E-state index is 0.404. The summed E-state index contributed by atoms with van der Waals surface area (Å²) >= 11 is 0. The molecule has 0 aromatic rings. The van der Waals surface area contributed by atoms with Crippen molar-refractivity contribution in [2.75, 3.05) is 32.7 Å². The maximum Gasteiger partial charge on any atom is 0.191 e. The van der Waals surface area contributed by atoms with E-state index in [9.17, 15) is 0 Å². The molecule has 2 bridgehead atoms. The van der Waals surface area contributed by atoms with Crippen molar-refractivity contribution < 1.29 is 4.74 Å². The fourth-order valence-corrected chi connectivity index (χ4v) is 3.85. The molecule has 3 aliphatic heterocycles. The molecule has 3 fully saturated rings. The van der Waals surface area contributed by atoms with Gasteiger partial charge < -0.3 is 20.3 Å². The molecule has 3 heterocycles. The van der Waals surface area contributed by atoms with E-state index < -0.39 is 0 Å². The van der Waals surface area contributed by atoms with E-state index in [0.29, 0.717) is 18.2 Å². The van der Waals surface area contributed by atoms with Crippen LogP contribution in [0.3, 0.4) is 0 Å². The summed E-state index contributed by atoms with van der Waals surface area (Å²) in [5, 5.41) is 6.99. The van der Waals surface area contributed by atoms with Crippen LogP contribution < -0.4 is 10.6 Å². The quantitative estimate of drug-likeness (QED) is 0.591. The zero-order valence-electron chi connectivity index (χ0n) is 13.5. The summed E-state index contributed by atoms with van der Waals surface area (Å²) in [7, 11) is 0. The van der Waals surface area contributed by atoms with Gasteiger partial charge in [-0.15, -0.1) is 0 Å². The zero-order valence-corrected chi connectivity index (χ0v) is 13.5. The van der Waals surface area contributed by atoms with Crippen LogP contribution in [0.1, 0.15) is 39.5 Å². The van der Waals surface area contributed by atoms with Crippen molar-refractivity contribution in [3.8, 4) is 0 Å². The first kappa shape index (κ1) is 15.1. The number of aliphatic imine (C=N–C) groups is 1. The number of guanidine groups is 1. The van der Waals surface area contributed by atoms with Gasteiger partial charge in [-0.25, -0.2) is 0 Å². The number of ether oxygens (including phenoxy) is 1. The van der Waals surface area contributed by atoms with Crippen molar-refractivity contribution >= 4 is 5.96 Å². The summed E-state index contributed by atoms with van der Waals surface area (Å²) in [6.45, 7) is 9.83. The average Bonchev–Trinajstić information content (AvgIpc) is 3.21. The lowest BCUT2D eigenvalue weighted by Crippen LogP contribution is -2.47. The monoisotopic (exact) mass is 294 g/mol. The Kier molecular flexibility index (Phi) is 5.01. The Hall–Kier alpha value is -0.810. The number of rotatable bonds is 5. The van der Waals surface area contributed by atoms with E-state index in [1.807, 2.05) is 0 Å². The smallest absolute Gasteiger partial charge is 0.191 e. The molecular weight excluding hydrogens is 264 g/mol. The van der Waals surface area contributed by atoms with E-state index in [-0.39, 0.29) is 0 Å². The van der Waals surface area contributed by atoms with Crippen molar-refractivity contribution in [1.82, 2.24) is 15.5 Å². The topological polar surface area (TPSA) is 48.9 Å². The van der Waals surface area contributed by atoms with Crippen LogP contribution in [0, 0.1) is 5.92 Å². The van der Waals surface area contributed by atoms with Gasteiger partial charge in [0.2, 0.25) is 0 Å². The molecule has 5 nitrogen and oxygen atoms in total. The summed E-state index contributed by atoms with van der Waals surface area (Å²) < 4.78 is 5.92. The van der Waals surface area contributed by atoms with E-state index >= 15 is 0 Å². The number of fused-ring (bicyclic) bond motifs is 2. The van der Waals surface area contributed by atoms with Gasteiger partial charge in [-0.3, -0.25) is 4.99 Å². The molecule has 4 atom stereocenters. The van der Waals surface area contributed by atoms with Gasteiger partial charge in [-0.2, -0.15) is 0 Å². The lowest BCUT2D eigenvalue weighted by Gasteiger charge is -2.23. The minimum Gasteiger partial charge on any atom is -0.373 e. The van der Waals surface area contributed by atoms with Crippen LogP contribution in [-0.2, 0) is 4.74 Å². The number of hydrogen-bond donors (Lipinski definition) is 2. The van der Waals surface area contributed by atoms with E-state index in [1.54, 1.807) is 0 Å². The van der Waals surface area contributed by atoms with Crippen LogP contribution in [0.2, 0.25) is 0 Å². The Morgan fingerprint density at radius 1 is 1.29 bits per heavy atom. The van der Waals surface area contributed by atoms with Gasteiger partial charge in [0.05, 0.1) is 18.2 Å². The molecule has 0 aliphatic carbocycles. The molecule has 5 heteroatoms. The third-order valence-electron chi connectivity index (χ3n) is 5.10. The molecule has 3 aliphatic rings. The van der Waals surface area contributed by atoms with Gasteiger partial charge in [0.1, 0.15) is 0 Å². The fraction of sp³-hybridized carbons (Fsp3) is 0.938. The van der Waals surface area contributed by atoms with Crippen molar-refractivity contribution in [2.45, 2.75) is 57.8 Å². The highest BCUT2D eigenvalue weighted by atomic mass is 16.5. The Bertz CT molecular complexity index is 373. The van der Waals surface area contributed by atoms with Crippen LogP contribution in [0.15, 0.2) is 4.99 Å². The number of nitrogens with zero attached hydrogens (tertiary/aromatic N) is 2. The SMILES string of the molecule is CCNC(=NC[C@@H]1CCN(CC)C1)N[C@@H]1C[C@H]2CC[C@H]1O2. The van der Waals surface area contributed by atoms with Crippen LogP contribution in [0.25, 0.3) is 0 Å². The highest BCUT2D eigenvalue weighted by molar-refractivity contribution is 5.80. The van der Waals surface area contributed by atoms with Crippen molar-refractivity contribution in [1.29, 1.82) is 0 Å². The van der Waals surface area contributed by atoms with Gasteiger partial charge in [0.25, 0.3) is 0 Å². The Morgan fingerprint density at radius 3 is 2.81 bits per heavy atom. The molecule has 21 heavy (non-hydrogen) atoms.